The van der Waals surface area contributed by atoms with E-state index in [-0.39, 0.29) is 5.91 Å². The zero-order chi connectivity index (χ0) is 21.1. The average Bonchev–Trinajstić information content (AvgIpc) is 3.15. The highest BCUT2D eigenvalue weighted by molar-refractivity contribution is 9.10. The smallest absolute Gasteiger partial charge is 0.247 e. The number of hydrogen-bond donors (Lipinski definition) is 3. The van der Waals surface area contributed by atoms with Gasteiger partial charge >= 0.3 is 0 Å². The van der Waals surface area contributed by atoms with Gasteiger partial charge in [-0.3, -0.25) is 9.89 Å². The van der Waals surface area contributed by atoms with Crippen molar-refractivity contribution >= 4 is 39.0 Å². The molecule has 4 rings (SSSR count). The highest BCUT2D eigenvalue weighted by atomic mass is 79.9. The Morgan fingerprint density at radius 1 is 1.30 bits per heavy atom. The van der Waals surface area contributed by atoms with Crippen LogP contribution in [0.5, 0.6) is 11.6 Å². The van der Waals surface area contributed by atoms with Crippen LogP contribution in [0.2, 0.25) is 0 Å². The highest BCUT2D eigenvalue weighted by Crippen LogP contribution is 2.32. The van der Waals surface area contributed by atoms with Gasteiger partial charge in [0.2, 0.25) is 11.8 Å². The number of nitrogens with one attached hydrogen (secondary N) is 3. The van der Waals surface area contributed by atoms with Gasteiger partial charge in [0.25, 0.3) is 0 Å². The van der Waals surface area contributed by atoms with Crippen LogP contribution in [0.15, 0.2) is 59.6 Å². The van der Waals surface area contributed by atoms with Crippen LogP contribution in [0.4, 0.5) is 17.2 Å². The highest BCUT2D eigenvalue weighted by Gasteiger charge is 2.16. The van der Waals surface area contributed by atoms with Gasteiger partial charge < -0.3 is 20.3 Å². The standard InChI is InChI=1S/C22H22BrN5O2/c1-3-21(29)24-16-5-4-6-17(11-16)30-22-12-20(26-27-22)25-19-10-14-7-8-28(2)13-15(14)9-18(19)23/h3-6,9-12H,1,7-8,13H2,2H3,(H,24,29)(H2,25,26,27). The van der Waals surface area contributed by atoms with Crippen LogP contribution in [0, 0.1) is 0 Å². The number of benzene rings is 2. The predicted molar refractivity (Wildman–Crippen MR) is 121 cm³/mol. The lowest BCUT2D eigenvalue weighted by Crippen LogP contribution is -2.26. The molecule has 1 amide bonds. The number of halogens is 1. The molecule has 2 aromatic carbocycles. The molecule has 0 radical (unpaired) electrons. The van der Waals surface area contributed by atoms with Gasteiger partial charge in [0, 0.05) is 35.4 Å². The third-order valence-electron chi connectivity index (χ3n) is 4.83. The van der Waals surface area contributed by atoms with Crippen LogP contribution in [-0.2, 0) is 17.8 Å². The maximum absolute atomic E-state index is 11.5. The maximum Gasteiger partial charge on any atom is 0.247 e. The summed E-state index contributed by atoms with van der Waals surface area (Å²) in [5.74, 6) is 1.42. The van der Waals surface area contributed by atoms with Crippen molar-refractivity contribution in [2.45, 2.75) is 13.0 Å². The molecule has 8 heteroatoms. The lowest BCUT2D eigenvalue weighted by molar-refractivity contribution is -0.111. The fraction of sp³-hybridized carbons (Fsp3) is 0.182. The number of carbonyl (C=O) groups excluding carboxylic acids is 1. The van der Waals surface area contributed by atoms with Crippen molar-refractivity contribution in [1.82, 2.24) is 15.1 Å². The summed E-state index contributed by atoms with van der Waals surface area (Å²) >= 11 is 3.66. The van der Waals surface area contributed by atoms with Crippen molar-refractivity contribution < 1.29 is 9.53 Å². The van der Waals surface area contributed by atoms with Gasteiger partial charge in [0.15, 0.2) is 0 Å². The number of aromatic nitrogens is 2. The zero-order valence-electron chi connectivity index (χ0n) is 16.5. The number of ether oxygens (including phenoxy) is 1. The average molecular weight is 468 g/mol. The summed E-state index contributed by atoms with van der Waals surface area (Å²) in [6, 6.07) is 13.2. The Labute approximate surface area is 183 Å². The Hall–Kier alpha value is -3.10. The summed E-state index contributed by atoms with van der Waals surface area (Å²) in [5, 5.41) is 13.2. The Morgan fingerprint density at radius 2 is 2.17 bits per heavy atom. The van der Waals surface area contributed by atoms with Crippen molar-refractivity contribution in [3.63, 3.8) is 0 Å². The third kappa shape index (κ3) is 4.72. The minimum atomic E-state index is -0.277. The van der Waals surface area contributed by atoms with Crippen molar-refractivity contribution in [3.05, 3.63) is 70.7 Å². The molecular weight excluding hydrogens is 446 g/mol. The van der Waals surface area contributed by atoms with Gasteiger partial charge in [-0.2, -0.15) is 0 Å². The maximum atomic E-state index is 11.5. The van der Waals surface area contributed by atoms with Gasteiger partial charge in [0.05, 0.1) is 5.69 Å². The fourth-order valence-corrected chi connectivity index (χ4v) is 3.82. The molecule has 0 bridgehead atoms. The largest absolute Gasteiger partial charge is 0.437 e. The Kier molecular flexibility index (Phi) is 5.87. The molecule has 0 fully saturated rings. The van der Waals surface area contributed by atoms with Gasteiger partial charge in [-0.1, -0.05) is 12.6 Å². The zero-order valence-corrected chi connectivity index (χ0v) is 18.1. The first-order valence-electron chi connectivity index (χ1n) is 9.54. The monoisotopic (exact) mass is 467 g/mol. The van der Waals surface area contributed by atoms with E-state index in [2.05, 4.69) is 67.4 Å². The summed E-state index contributed by atoms with van der Waals surface area (Å²) < 4.78 is 6.81. The first-order valence-corrected chi connectivity index (χ1v) is 10.3. The van der Waals surface area contributed by atoms with E-state index >= 15 is 0 Å². The van der Waals surface area contributed by atoms with E-state index in [0.717, 1.165) is 35.5 Å². The van der Waals surface area contributed by atoms with E-state index in [4.69, 9.17) is 4.74 Å². The van der Waals surface area contributed by atoms with Gasteiger partial charge in [-0.15, -0.1) is 5.10 Å². The number of likely N-dealkylation sites (N-methyl/N-ethyl adjacent to an activating group) is 1. The Morgan fingerprint density at radius 3 is 3.00 bits per heavy atom. The van der Waals surface area contributed by atoms with E-state index in [1.54, 1.807) is 30.3 Å². The number of fused-ring (bicyclic) bond motifs is 1. The molecule has 154 valence electrons. The van der Waals surface area contributed by atoms with Gasteiger partial charge in [0.1, 0.15) is 11.6 Å². The molecule has 3 N–H and O–H groups in total. The predicted octanol–water partition coefficient (Wildman–Crippen LogP) is 4.82. The van der Waals surface area contributed by atoms with E-state index in [1.807, 2.05) is 0 Å². The van der Waals surface area contributed by atoms with E-state index in [9.17, 15) is 4.79 Å². The lowest BCUT2D eigenvalue weighted by Gasteiger charge is -2.26. The number of aromatic amines is 1. The first-order chi connectivity index (χ1) is 14.5. The number of hydrogen-bond acceptors (Lipinski definition) is 5. The molecule has 7 nitrogen and oxygen atoms in total. The molecule has 30 heavy (non-hydrogen) atoms. The third-order valence-corrected chi connectivity index (χ3v) is 5.48. The second-order valence-corrected chi connectivity index (χ2v) is 8.01. The summed E-state index contributed by atoms with van der Waals surface area (Å²) in [4.78, 5) is 13.8. The number of nitrogens with zero attached hydrogens (tertiary/aromatic N) is 2. The van der Waals surface area contributed by atoms with Crippen molar-refractivity contribution in [2.24, 2.45) is 0 Å². The van der Waals surface area contributed by atoms with Crippen LogP contribution in [0.25, 0.3) is 0 Å². The number of anilines is 3. The molecule has 3 aromatic rings. The van der Waals surface area contributed by atoms with Crippen LogP contribution >= 0.6 is 15.9 Å². The Balaban J connectivity index is 1.46. The normalized spacial score (nSPS) is 13.4. The van der Waals surface area contributed by atoms with E-state index in [1.165, 1.54) is 17.2 Å². The quantitative estimate of drug-likeness (QED) is 0.452. The second-order valence-electron chi connectivity index (χ2n) is 7.16. The summed E-state index contributed by atoms with van der Waals surface area (Å²) in [7, 11) is 2.14. The van der Waals surface area contributed by atoms with E-state index in [0.29, 0.717) is 17.3 Å². The van der Waals surface area contributed by atoms with Gasteiger partial charge in [-0.25, -0.2) is 0 Å². The van der Waals surface area contributed by atoms with Crippen LogP contribution in [-0.4, -0.2) is 34.6 Å². The van der Waals surface area contributed by atoms with E-state index < -0.39 is 0 Å². The fourth-order valence-electron chi connectivity index (χ4n) is 3.33. The topological polar surface area (TPSA) is 82.3 Å². The SMILES string of the molecule is C=CC(=O)Nc1cccc(Oc2cc(Nc3cc4c(cc3Br)CN(C)CC4)[nH]n2)c1. The Bertz CT molecular complexity index is 1090. The van der Waals surface area contributed by atoms with Crippen molar-refractivity contribution in [1.29, 1.82) is 0 Å². The first kappa shape index (κ1) is 20.2. The molecule has 0 saturated heterocycles. The molecular formula is C22H22BrN5O2. The molecule has 1 aliphatic rings. The minimum Gasteiger partial charge on any atom is -0.437 e. The second kappa shape index (κ2) is 8.73. The van der Waals surface area contributed by atoms with Crippen molar-refractivity contribution in [2.75, 3.05) is 24.2 Å². The minimum absolute atomic E-state index is 0.277. The summed E-state index contributed by atoms with van der Waals surface area (Å²) in [6.45, 7) is 5.47. The number of H-pyrrole nitrogens is 1. The molecule has 0 spiro atoms. The number of amides is 1. The van der Waals surface area contributed by atoms with Gasteiger partial charge in [-0.05, 0) is 70.9 Å². The van der Waals surface area contributed by atoms with Crippen molar-refractivity contribution in [3.8, 4) is 11.6 Å². The van der Waals surface area contributed by atoms with Crippen LogP contribution in [0.1, 0.15) is 11.1 Å². The molecule has 2 heterocycles. The van der Waals surface area contributed by atoms with Crippen LogP contribution in [0.3, 0.4) is 0 Å². The molecule has 0 aliphatic carbocycles. The van der Waals surface area contributed by atoms with Crippen LogP contribution < -0.4 is 15.4 Å². The molecule has 1 aliphatic heterocycles. The molecule has 0 saturated carbocycles. The summed E-state index contributed by atoms with van der Waals surface area (Å²) in [6.07, 6.45) is 2.25. The lowest BCUT2D eigenvalue weighted by atomic mass is 9.99. The molecule has 1 aromatic heterocycles. The summed E-state index contributed by atoms with van der Waals surface area (Å²) in [5.41, 5.74) is 4.30. The molecule has 0 unspecified atom stereocenters. The number of carbonyl (C=O) groups is 1. The number of rotatable bonds is 6. The molecule has 0 atom stereocenters.